The molecule has 0 fully saturated rings. The Morgan fingerprint density at radius 1 is 1.42 bits per heavy atom. The summed E-state index contributed by atoms with van der Waals surface area (Å²) in [5.74, 6) is 0. The summed E-state index contributed by atoms with van der Waals surface area (Å²) in [5.41, 5.74) is 10.1. The highest BCUT2D eigenvalue weighted by Crippen LogP contribution is 2.29. The smallest absolute Gasteiger partial charge is 0.194 e. The predicted octanol–water partition coefficient (Wildman–Crippen LogP) is 1.47. The lowest BCUT2D eigenvalue weighted by molar-refractivity contribution is -0.825. The number of benzene rings is 1. The highest BCUT2D eigenvalue weighted by molar-refractivity contribution is 6.64. The number of hydrogen-bond acceptors (Lipinski definition) is 3. The normalized spacial score (nSPS) is 15.5. The number of aliphatic imine (C=N–C) groups is 1. The Kier molecular flexibility index (Phi) is 6.24. The fourth-order valence-corrected chi connectivity index (χ4v) is 2.16. The van der Waals surface area contributed by atoms with Crippen LogP contribution in [0.4, 0.5) is 11.4 Å². The first-order valence-electron chi connectivity index (χ1n) is 6.41. The average molecular weight is 286 g/mol. The zero-order valence-electron chi connectivity index (χ0n) is 11.7. The molecule has 0 saturated carbocycles. The van der Waals surface area contributed by atoms with Gasteiger partial charge in [-0.2, -0.15) is 5.48 Å². The molecule has 2 rings (SSSR count). The van der Waals surface area contributed by atoms with E-state index in [4.69, 9.17) is 17.3 Å². The van der Waals surface area contributed by atoms with Crippen molar-refractivity contribution in [1.29, 1.82) is 0 Å². The molecule has 19 heavy (non-hydrogen) atoms. The Bertz CT molecular complexity index is 458. The van der Waals surface area contributed by atoms with Crippen molar-refractivity contribution < 1.29 is 10.7 Å². The lowest BCUT2D eigenvalue weighted by Gasteiger charge is -2.25. The van der Waals surface area contributed by atoms with E-state index >= 15 is 0 Å². The summed E-state index contributed by atoms with van der Waals surface area (Å²) in [5, 5.41) is 9.17. The minimum Gasteiger partial charge on any atom is -0.374 e. The molecule has 0 bridgehead atoms. The molecule has 0 saturated heterocycles. The lowest BCUT2D eigenvalue weighted by Crippen LogP contribution is -2.73. The van der Waals surface area contributed by atoms with Crippen LogP contribution in [0, 0.1) is 0 Å². The molecule has 106 valence electrons. The van der Waals surface area contributed by atoms with Crippen molar-refractivity contribution in [3.05, 3.63) is 23.3 Å². The Morgan fingerprint density at radius 2 is 2.11 bits per heavy atom. The van der Waals surface area contributed by atoms with Crippen molar-refractivity contribution in [1.82, 2.24) is 4.90 Å². The van der Waals surface area contributed by atoms with Crippen LogP contribution in [0.5, 0.6) is 0 Å². The van der Waals surface area contributed by atoms with E-state index in [0.29, 0.717) is 11.4 Å². The van der Waals surface area contributed by atoms with Crippen molar-refractivity contribution in [3.8, 4) is 0 Å². The molecule has 0 spiro atoms. The number of amidine groups is 1. The van der Waals surface area contributed by atoms with Crippen LogP contribution in [-0.4, -0.2) is 29.0 Å². The average Bonchev–Trinajstić information content (AvgIpc) is 2.39. The van der Waals surface area contributed by atoms with Crippen molar-refractivity contribution in [2.24, 2.45) is 10.7 Å². The minimum absolute atomic E-state index is 0.0304. The van der Waals surface area contributed by atoms with Crippen LogP contribution < -0.4 is 11.2 Å². The number of nitrogens with zero attached hydrogens (tertiary/aromatic N) is 2. The number of quaternary nitrogens is 1. The van der Waals surface area contributed by atoms with Gasteiger partial charge in [0.25, 0.3) is 0 Å². The van der Waals surface area contributed by atoms with Gasteiger partial charge in [-0.1, -0.05) is 13.8 Å². The zero-order valence-corrected chi connectivity index (χ0v) is 12.4. The van der Waals surface area contributed by atoms with Crippen LogP contribution >= 0.6 is 11.6 Å². The van der Waals surface area contributed by atoms with Crippen molar-refractivity contribution >= 4 is 28.3 Å². The molecule has 0 amide bonds. The Morgan fingerprint density at radius 3 is 2.68 bits per heavy atom. The molecule has 1 aromatic rings. The van der Waals surface area contributed by atoms with Gasteiger partial charge in [0.15, 0.2) is 11.0 Å². The van der Waals surface area contributed by atoms with Crippen LogP contribution in [0.25, 0.3) is 0 Å². The van der Waals surface area contributed by atoms with E-state index in [9.17, 15) is 5.21 Å². The van der Waals surface area contributed by atoms with Gasteiger partial charge in [-0.25, -0.2) is 10.2 Å². The SMILES string of the molecule is CC.CN1CCc2cc([NH2+]O)c(N=C(N)Cl)cc2C1. The molecule has 1 aliphatic heterocycles. The molecule has 0 unspecified atom stereocenters. The maximum absolute atomic E-state index is 9.20. The Balaban J connectivity index is 0.000000861. The van der Waals surface area contributed by atoms with E-state index in [-0.39, 0.29) is 5.29 Å². The van der Waals surface area contributed by atoms with Gasteiger partial charge < -0.3 is 10.6 Å². The topological polar surface area (TPSA) is 78.5 Å². The molecule has 0 aromatic heterocycles. The highest BCUT2D eigenvalue weighted by Gasteiger charge is 2.17. The first kappa shape index (κ1) is 15.9. The quantitative estimate of drug-likeness (QED) is 0.253. The third kappa shape index (κ3) is 4.18. The van der Waals surface area contributed by atoms with E-state index in [1.807, 2.05) is 26.0 Å². The number of fused-ring (bicyclic) bond motifs is 1. The fraction of sp³-hybridized carbons (Fsp3) is 0.462. The van der Waals surface area contributed by atoms with E-state index < -0.39 is 0 Å². The molecule has 0 atom stereocenters. The van der Waals surface area contributed by atoms with Crippen LogP contribution in [0.1, 0.15) is 25.0 Å². The van der Waals surface area contributed by atoms with Crippen molar-refractivity contribution in [3.63, 3.8) is 0 Å². The molecule has 5 nitrogen and oxygen atoms in total. The third-order valence-corrected chi connectivity index (χ3v) is 3.00. The largest absolute Gasteiger partial charge is 0.374 e. The van der Waals surface area contributed by atoms with Crippen molar-refractivity contribution in [2.75, 3.05) is 13.6 Å². The summed E-state index contributed by atoms with van der Waals surface area (Å²) in [6.07, 6.45) is 0.979. The second-order valence-electron chi connectivity index (χ2n) is 4.23. The van der Waals surface area contributed by atoms with Crippen molar-refractivity contribution in [2.45, 2.75) is 26.8 Å². The molecule has 1 aliphatic rings. The third-order valence-electron chi connectivity index (χ3n) is 2.92. The number of hydrogen-bond donors (Lipinski definition) is 3. The van der Waals surface area contributed by atoms with Gasteiger partial charge in [-0.15, -0.1) is 0 Å². The number of likely N-dealkylation sites (N-methyl/N-ethyl adjacent to an activating group) is 1. The Labute approximate surface area is 119 Å². The molecule has 1 aromatic carbocycles. The zero-order chi connectivity index (χ0) is 14.4. The summed E-state index contributed by atoms with van der Waals surface area (Å²) in [7, 11) is 2.08. The van der Waals surface area contributed by atoms with Gasteiger partial charge in [0.2, 0.25) is 0 Å². The van der Waals surface area contributed by atoms with E-state index in [1.165, 1.54) is 11.1 Å². The second-order valence-corrected chi connectivity index (χ2v) is 4.62. The van der Waals surface area contributed by atoms with Gasteiger partial charge in [0, 0.05) is 19.2 Å². The molecule has 5 N–H and O–H groups in total. The van der Waals surface area contributed by atoms with Crippen LogP contribution in [0.3, 0.4) is 0 Å². The Hall–Kier alpha value is -1.14. The highest BCUT2D eigenvalue weighted by atomic mass is 35.5. The fourth-order valence-electron chi connectivity index (χ4n) is 2.07. The predicted molar refractivity (Wildman–Crippen MR) is 78.3 cm³/mol. The summed E-state index contributed by atoms with van der Waals surface area (Å²) < 4.78 is 0. The monoisotopic (exact) mass is 285 g/mol. The van der Waals surface area contributed by atoms with E-state index in [0.717, 1.165) is 25.0 Å². The number of rotatable bonds is 2. The molecular formula is C13H22ClN4O+. The molecule has 6 heteroatoms. The van der Waals surface area contributed by atoms with Gasteiger partial charge in [0.05, 0.1) is 0 Å². The first-order chi connectivity index (χ1) is 9.10. The number of nitrogens with two attached hydrogens (primary N) is 2. The summed E-state index contributed by atoms with van der Waals surface area (Å²) >= 11 is 5.57. The van der Waals surface area contributed by atoms with Gasteiger partial charge >= 0.3 is 0 Å². The lowest BCUT2D eigenvalue weighted by atomic mass is 9.98. The molecule has 0 aliphatic carbocycles. The van der Waals surface area contributed by atoms with E-state index in [2.05, 4.69) is 16.9 Å². The van der Waals surface area contributed by atoms with Crippen LogP contribution in [-0.2, 0) is 13.0 Å². The number of halogens is 1. The van der Waals surface area contributed by atoms with Gasteiger partial charge in [-0.05, 0) is 42.3 Å². The van der Waals surface area contributed by atoms with Crippen LogP contribution in [0.15, 0.2) is 17.1 Å². The van der Waals surface area contributed by atoms with Gasteiger partial charge in [-0.3, -0.25) is 0 Å². The summed E-state index contributed by atoms with van der Waals surface area (Å²) in [6.45, 7) is 5.91. The standard InChI is InChI=1S/C11H15ClN4O.C2H6/c1-16-3-2-7-4-10(15-17)9(14-11(12)13)5-8(7)6-16;1-2/h4-5,15,17H,2-3,6H2,1H3,(H2,13,14);1-2H3/p+1. The van der Waals surface area contributed by atoms with E-state index in [1.54, 1.807) is 0 Å². The second kappa shape index (κ2) is 7.45. The molecule has 1 heterocycles. The van der Waals surface area contributed by atoms with Gasteiger partial charge in [0.1, 0.15) is 5.69 Å². The first-order valence-corrected chi connectivity index (χ1v) is 6.79. The maximum Gasteiger partial charge on any atom is 0.194 e. The van der Waals surface area contributed by atoms with Crippen LogP contribution in [0.2, 0.25) is 0 Å². The molecular weight excluding hydrogens is 264 g/mol. The minimum atomic E-state index is -0.0304. The summed E-state index contributed by atoms with van der Waals surface area (Å²) in [4.78, 5) is 6.25. The maximum atomic E-state index is 9.20. The summed E-state index contributed by atoms with van der Waals surface area (Å²) in [6, 6.07) is 3.88. The molecule has 0 radical (unpaired) electrons.